The van der Waals surface area contributed by atoms with Crippen LogP contribution >= 0.6 is 0 Å². The molecule has 0 spiro atoms. The number of piperidine rings is 1. The van der Waals surface area contributed by atoms with Crippen LogP contribution in [0.2, 0.25) is 0 Å². The minimum absolute atomic E-state index is 0.146. The van der Waals surface area contributed by atoms with Gasteiger partial charge in [0.15, 0.2) is 5.75 Å². The second kappa shape index (κ2) is 10.1. The van der Waals surface area contributed by atoms with E-state index in [0.29, 0.717) is 23.5 Å². The van der Waals surface area contributed by atoms with Gasteiger partial charge in [0.05, 0.1) is 37.4 Å². The van der Waals surface area contributed by atoms with E-state index in [-0.39, 0.29) is 5.43 Å². The van der Waals surface area contributed by atoms with E-state index in [1.165, 1.54) is 39.5 Å². The molecule has 0 saturated carbocycles. The molecule has 0 aliphatic carbocycles. The largest absolute Gasteiger partial charge is 0.497 e. The number of aromatic nitrogens is 1. The molecule has 170 valence electrons. The summed E-state index contributed by atoms with van der Waals surface area (Å²) in [5.74, 6) is 1.80. The Morgan fingerprint density at radius 1 is 0.906 bits per heavy atom. The minimum atomic E-state index is -0.146. The van der Waals surface area contributed by atoms with Gasteiger partial charge in [-0.25, -0.2) is 0 Å². The van der Waals surface area contributed by atoms with Crippen molar-refractivity contribution < 1.29 is 14.2 Å². The summed E-state index contributed by atoms with van der Waals surface area (Å²) < 4.78 is 18.8. The number of ether oxygens (including phenoxy) is 3. The lowest BCUT2D eigenvalue weighted by Crippen LogP contribution is -2.31. The summed E-state index contributed by atoms with van der Waals surface area (Å²) in [4.78, 5) is 15.6. The molecule has 1 aliphatic rings. The van der Waals surface area contributed by atoms with Gasteiger partial charge < -0.3 is 23.7 Å². The third-order valence-electron chi connectivity index (χ3n) is 6.23. The van der Waals surface area contributed by atoms with Gasteiger partial charge in [-0.3, -0.25) is 4.79 Å². The summed E-state index contributed by atoms with van der Waals surface area (Å²) in [5.41, 5.74) is 2.32. The van der Waals surface area contributed by atoms with Crippen molar-refractivity contribution in [3.05, 3.63) is 52.7 Å². The van der Waals surface area contributed by atoms with Crippen molar-refractivity contribution in [3.63, 3.8) is 0 Å². The maximum absolute atomic E-state index is 13.1. The van der Waals surface area contributed by atoms with Crippen molar-refractivity contribution in [2.45, 2.75) is 25.7 Å². The Morgan fingerprint density at radius 2 is 1.62 bits per heavy atom. The van der Waals surface area contributed by atoms with Crippen LogP contribution in [0.5, 0.6) is 17.2 Å². The van der Waals surface area contributed by atoms with Crippen LogP contribution in [-0.4, -0.2) is 49.9 Å². The van der Waals surface area contributed by atoms with Crippen molar-refractivity contribution in [1.82, 2.24) is 9.47 Å². The van der Waals surface area contributed by atoms with Gasteiger partial charge in [0.25, 0.3) is 0 Å². The van der Waals surface area contributed by atoms with Crippen LogP contribution in [0.3, 0.4) is 0 Å². The molecule has 6 nitrogen and oxygen atoms in total. The van der Waals surface area contributed by atoms with Crippen molar-refractivity contribution >= 4 is 10.9 Å². The highest BCUT2D eigenvalue weighted by Crippen LogP contribution is 2.32. The van der Waals surface area contributed by atoms with Crippen LogP contribution in [-0.2, 0) is 7.05 Å². The summed E-state index contributed by atoms with van der Waals surface area (Å²) in [6.45, 7) is 4.23. The summed E-state index contributed by atoms with van der Waals surface area (Å²) in [5, 5.41) is 0.570. The minimum Gasteiger partial charge on any atom is -0.497 e. The van der Waals surface area contributed by atoms with E-state index in [0.717, 1.165) is 35.5 Å². The van der Waals surface area contributed by atoms with E-state index in [2.05, 4.69) is 4.90 Å². The molecule has 0 atom stereocenters. The molecule has 0 amide bonds. The van der Waals surface area contributed by atoms with E-state index in [9.17, 15) is 4.79 Å². The molecule has 1 aromatic heterocycles. The highest BCUT2D eigenvalue weighted by Gasteiger charge is 2.18. The molecular weight excluding hydrogens is 404 g/mol. The average Bonchev–Trinajstić information content (AvgIpc) is 2.84. The smallest absolute Gasteiger partial charge is 0.231 e. The zero-order chi connectivity index (χ0) is 22.5. The van der Waals surface area contributed by atoms with Gasteiger partial charge in [-0.1, -0.05) is 6.42 Å². The highest BCUT2D eigenvalue weighted by molar-refractivity contribution is 5.87. The number of hydrogen-bond acceptors (Lipinski definition) is 5. The second-order valence-corrected chi connectivity index (χ2v) is 8.28. The van der Waals surface area contributed by atoms with Gasteiger partial charge in [-0.15, -0.1) is 0 Å². The number of nitrogens with zero attached hydrogens (tertiary/aromatic N) is 2. The number of pyridine rings is 1. The van der Waals surface area contributed by atoms with Gasteiger partial charge >= 0.3 is 0 Å². The van der Waals surface area contributed by atoms with E-state index < -0.39 is 0 Å². The van der Waals surface area contributed by atoms with Crippen LogP contribution in [0.4, 0.5) is 0 Å². The van der Waals surface area contributed by atoms with Crippen LogP contribution < -0.4 is 19.6 Å². The number of aryl methyl sites for hydroxylation is 1. The third kappa shape index (κ3) is 4.60. The molecule has 0 bridgehead atoms. The maximum atomic E-state index is 13.1. The highest BCUT2D eigenvalue weighted by atomic mass is 16.5. The fourth-order valence-corrected chi connectivity index (χ4v) is 4.50. The van der Waals surface area contributed by atoms with Crippen molar-refractivity contribution in [3.8, 4) is 28.5 Å². The number of benzene rings is 2. The molecule has 0 N–H and O–H groups in total. The van der Waals surface area contributed by atoms with E-state index in [1.807, 2.05) is 48.0 Å². The van der Waals surface area contributed by atoms with Gasteiger partial charge in [0.2, 0.25) is 5.43 Å². The molecule has 0 unspecified atom stereocenters. The number of hydrogen-bond donors (Lipinski definition) is 0. The Kier molecular flexibility index (Phi) is 7.00. The van der Waals surface area contributed by atoms with Crippen LogP contribution in [0.25, 0.3) is 22.2 Å². The quantitative estimate of drug-likeness (QED) is 0.488. The van der Waals surface area contributed by atoms with Gasteiger partial charge in [0.1, 0.15) is 11.5 Å². The number of rotatable bonds is 8. The molecule has 3 aromatic rings. The Labute approximate surface area is 189 Å². The second-order valence-electron chi connectivity index (χ2n) is 8.28. The summed E-state index contributed by atoms with van der Waals surface area (Å²) >= 11 is 0. The first kappa shape index (κ1) is 22.2. The number of methoxy groups -OCH3 is 2. The van der Waals surface area contributed by atoms with Gasteiger partial charge in [-0.05, 0) is 74.8 Å². The predicted molar refractivity (Wildman–Crippen MR) is 128 cm³/mol. The fraction of sp³-hybridized carbons (Fsp3) is 0.423. The SMILES string of the molecule is COc1ccc2c(c1)c(=O)c(OC)c(-c1ccc(OCCCN3CCCCC3)cc1)n2C. The first-order chi connectivity index (χ1) is 15.6. The van der Waals surface area contributed by atoms with Gasteiger partial charge in [0, 0.05) is 19.2 Å². The summed E-state index contributed by atoms with van der Waals surface area (Å²) in [7, 11) is 5.07. The monoisotopic (exact) mass is 436 g/mol. The first-order valence-corrected chi connectivity index (χ1v) is 11.3. The molecule has 2 heterocycles. The fourth-order valence-electron chi connectivity index (χ4n) is 4.50. The van der Waals surface area contributed by atoms with Crippen LogP contribution in [0, 0.1) is 0 Å². The molecule has 0 radical (unpaired) electrons. The lowest BCUT2D eigenvalue weighted by molar-refractivity contribution is 0.205. The molecular formula is C26H32N2O4. The standard InChI is InChI=1S/C26H32N2O4/c1-27-23-13-12-21(30-2)18-22(23)25(29)26(31-3)24(27)19-8-10-20(11-9-19)32-17-7-16-28-14-5-4-6-15-28/h8-13,18H,4-7,14-17H2,1-3H3. The topological polar surface area (TPSA) is 52.9 Å². The molecule has 2 aromatic carbocycles. The Balaban J connectivity index is 1.52. The normalized spacial score (nSPS) is 14.5. The van der Waals surface area contributed by atoms with Crippen molar-refractivity contribution in [1.29, 1.82) is 0 Å². The van der Waals surface area contributed by atoms with Gasteiger partial charge in [-0.2, -0.15) is 0 Å². The molecule has 32 heavy (non-hydrogen) atoms. The molecule has 6 heteroatoms. The average molecular weight is 437 g/mol. The van der Waals surface area contributed by atoms with E-state index in [4.69, 9.17) is 14.2 Å². The number of likely N-dealkylation sites (tertiary alicyclic amines) is 1. The Morgan fingerprint density at radius 3 is 2.31 bits per heavy atom. The zero-order valence-corrected chi connectivity index (χ0v) is 19.2. The first-order valence-electron chi connectivity index (χ1n) is 11.3. The molecule has 1 aliphatic heterocycles. The molecule has 1 fully saturated rings. The number of fused-ring (bicyclic) bond motifs is 1. The third-order valence-corrected chi connectivity index (χ3v) is 6.23. The van der Waals surface area contributed by atoms with Crippen molar-refractivity contribution in [2.24, 2.45) is 7.05 Å². The predicted octanol–water partition coefficient (Wildman–Crippen LogP) is 4.48. The van der Waals surface area contributed by atoms with Crippen LogP contribution in [0.15, 0.2) is 47.3 Å². The maximum Gasteiger partial charge on any atom is 0.231 e. The lowest BCUT2D eigenvalue weighted by atomic mass is 10.1. The summed E-state index contributed by atoms with van der Waals surface area (Å²) in [6.07, 6.45) is 5.02. The Bertz CT molecular complexity index is 1120. The zero-order valence-electron chi connectivity index (χ0n) is 19.2. The van der Waals surface area contributed by atoms with E-state index in [1.54, 1.807) is 13.2 Å². The lowest BCUT2D eigenvalue weighted by Gasteiger charge is -2.26. The summed E-state index contributed by atoms with van der Waals surface area (Å²) in [6, 6.07) is 13.4. The molecule has 1 saturated heterocycles. The molecule has 4 rings (SSSR count). The van der Waals surface area contributed by atoms with E-state index >= 15 is 0 Å². The van der Waals surface area contributed by atoms with Crippen LogP contribution in [0.1, 0.15) is 25.7 Å². The van der Waals surface area contributed by atoms with Crippen molar-refractivity contribution in [2.75, 3.05) is 40.5 Å². The Hall–Kier alpha value is -2.99.